The molecule has 2 heterocycles. The van der Waals surface area contributed by atoms with E-state index >= 15 is 0 Å². The molecule has 0 bridgehead atoms. The molecule has 0 aliphatic carbocycles. The smallest absolute Gasteiger partial charge is 0.231 e. The van der Waals surface area contributed by atoms with Crippen LogP contribution in [0.3, 0.4) is 0 Å². The van der Waals surface area contributed by atoms with Crippen LogP contribution >= 0.6 is 0 Å². The minimum absolute atomic E-state index is 0.136. The maximum Gasteiger partial charge on any atom is 0.231 e. The van der Waals surface area contributed by atoms with E-state index in [1.54, 1.807) is 16.8 Å². The van der Waals surface area contributed by atoms with Crippen LogP contribution in [0.4, 0.5) is 0 Å². The Balaban J connectivity index is 1.80. The Morgan fingerprint density at radius 2 is 2.10 bits per heavy atom. The van der Waals surface area contributed by atoms with Crippen molar-refractivity contribution in [2.24, 2.45) is 0 Å². The van der Waals surface area contributed by atoms with E-state index in [-0.39, 0.29) is 26.0 Å². The monoisotopic (exact) mass is 291 g/mol. The molecule has 7 heteroatoms. The second kappa shape index (κ2) is 5.61. The van der Waals surface area contributed by atoms with Crippen LogP contribution in [0.1, 0.15) is 31.3 Å². The standard InChI is InChI=1S/C14H17N3O4/c1-9(2)17-14(15-7-16-17)6-19-11-4-13-12(20-8-21-13)3-10(11)5-18/h3-4,7,9,18H,5-6,8H2,1-2H3. The van der Waals surface area contributed by atoms with Crippen LogP contribution in [-0.4, -0.2) is 26.7 Å². The number of fused-ring (bicyclic) bond motifs is 1. The summed E-state index contributed by atoms with van der Waals surface area (Å²) in [5.74, 6) is 2.52. The molecular formula is C14H17N3O4. The number of nitrogens with zero attached hydrogens (tertiary/aromatic N) is 3. The summed E-state index contributed by atoms with van der Waals surface area (Å²) in [6.45, 7) is 4.37. The molecule has 1 aliphatic heterocycles. The van der Waals surface area contributed by atoms with Crippen molar-refractivity contribution in [3.63, 3.8) is 0 Å². The fourth-order valence-electron chi connectivity index (χ4n) is 2.17. The largest absolute Gasteiger partial charge is 0.485 e. The Morgan fingerprint density at radius 1 is 1.33 bits per heavy atom. The van der Waals surface area contributed by atoms with E-state index < -0.39 is 0 Å². The highest BCUT2D eigenvalue weighted by molar-refractivity contribution is 5.51. The number of benzene rings is 1. The van der Waals surface area contributed by atoms with E-state index in [9.17, 15) is 5.11 Å². The predicted octanol–water partition coefficient (Wildman–Crippen LogP) is 1.66. The third-order valence-corrected chi connectivity index (χ3v) is 3.22. The van der Waals surface area contributed by atoms with Gasteiger partial charge in [-0.1, -0.05) is 0 Å². The summed E-state index contributed by atoms with van der Waals surface area (Å²) in [6.07, 6.45) is 1.51. The van der Waals surface area contributed by atoms with Crippen LogP contribution in [0.25, 0.3) is 0 Å². The van der Waals surface area contributed by atoms with Crippen LogP contribution in [0.2, 0.25) is 0 Å². The molecule has 0 saturated heterocycles. The minimum atomic E-state index is -0.136. The molecule has 7 nitrogen and oxygen atoms in total. The van der Waals surface area contributed by atoms with Crippen molar-refractivity contribution >= 4 is 0 Å². The summed E-state index contributed by atoms with van der Waals surface area (Å²) < 4.78 is 18.2. The van der Waals surface area contributed by atoms with Crippen molar-refractivity contribution in [3.8, 4) is 17.2 Å². The normalized spacial score (nSPS) is 13.0. The zero-order valence-electron chi connectivity index (χ0n) is 11.9. The fraction of sp³-hybridized carbons (Fsp3) is 0.429. The lowest BCUT2D eigenvalue weighted by Crippen LogP contribution is -2.11. The molecule has 3 rings (SSSR count). The van der Waals surface area contributed by atoms with Crippen molar-refractivity contribution < 1.29 is 19.3 Å². The third-order valence-electron chi connectivity index (χ3n) is 3.22. The van der Waals surface area contributed by atoms with Gasteiger partial charge in [0.15, 0.2) is 17.3 Å². The molecule has 0 atom stereocenters. The first kappa shape index (κ1) is 13.7. The van der Waals surface area contributed by atoms with Gasteiger partial charge >= 0.3 is 0 Å². The molecule has 2 aromatic rings. The Hall–Kier alpha value is -2.28. The first-order chi connectivity index (χ1) is 10.2. The van der Waals surface area contributed by atoms with Crippen LogP contribution in [0.5, 0.6) is 17.2 Å². The lowest BCUT2D eigenvalue weighted by Gasteiger charge is -2.13. The van der Waals surface area contributed by atoms with Gasteiger partial charge in [-0.3, -0.25) is 0 Å². The van der Waals surface area contributed by atoms with Gasteiger partial charge in [-0.05, 0) is 19.9 Å². The van der Waals surface area contributed by atoms with Gasteiger partial charge in [-0.25, -0.2) is 9.67 Å². The Kier molecular flexibility index (Phi) is 3.66. The average Bonchev–Trinajstić information content (AvgIpc) is 3.12. The Labute approximate surface area is 122 Å². The molecule has 112 valence electrons. The quantitative estimate of drug-likeness (QED) is 0.902. The maximum atomic E-state index is 9.44. The van der Waals surface area contributed by atoms with E-state index in [1.165, 1.54) is 6.33 Å². The predicted molar refractivity (Wildman–Crippen MR) is 73.2 cm³/mol. The van der Waals surface area contributed by atoms with E-state index in [1.807, 2.05) is 13.8 Å². The zero-order valence-corrected chi connectivity index (χ0v) is 11.9. The van der Waals surface area contributed by atoms with Gasteiger partial charge < -0.3 is 19.3 Å². The summed E-state index contributed by atoms with van der Waals surface area (Å²) in [6, 6.07) is 3.66. The highest BCUT2D eigenvalue weighted by Gasteiger charge is 2.18. The number of aliphatic hydroxyl groups excluding tert-OH is 1. The molecule has 0 unspecified atom stereocenters. The lowest BCUT2D eigenvalue weighted by atomic mass is 10.2. The molecule has 0 spiro atoms. The number of aliphatic hydroxyl groups is 1. The summed E-state index contributed by atoms with van der Waals surface area (Å²) in [5, 5.41) is 13.6. The van der Waals surface area contributed by atoms with Crippen molar-refractivity contribution in [2.75, 3.05) is 6.79 Å². The molecular weight excluding hydrogens is 274 g/mol. The van der Waals surface area contributed by atoms with Gasteiger partial charge in [0, 0.05) is 17.7 Å². The number of hydrogen-bond donors (Lipinski definition) is 1. The molecule has 0 saturated carbocycles. The van der Waals surface area contributed by atoms with Gasteiger partial charge in [0.05, 0.1) is 6.61 Å². The van der Waals surface area contributed by atoms with Crippen LogP contribution in [0, 0.1) is 0 Å². The third kappa shape index (κ3) is 2.64. The molecule has 0 radical (unpaired) electrons. The number of aromatic nitrogens is 3. The Morgan fingerprint density at radius 3 is 2.81 bits per heavy atom. The highest BCUT2D eigenvalue weighted by atomic mass is 16.7. The summed E-state index contributed by atoms with van der Waals surface area (Å²) in [5.41, 5.74) is 0.648. The SMILES string of the molecule is CC(C)n1ncnc1COc1cc2c(cc1CO)OCO2. The van der Waals surface area contributed by atoms with E-state index in [2.05, 4.69) is 10.1 Å². The van der Waals surface area contributed by atoms with Crippen molar-refractivity contribution in [2.45, 2.75) is 33.1 Å². The molecule has 1 aromatic carbocycles. The van der Waals surface area contributed by atoms with Gasteiger partial charge in [0.1, 0.15) is 18.7 Å². The zero-order chi connectivity index (χ0) is 14.8. The molecule has 21 heavy (non-hydrogen) atoms. The highest BCUT2D eigenvalue weighted by Crippen LogP contribution is 2.38. The summed E-state index contributed by atoms with van der Waals surface area (Å²) in [7, 11) is 0. The van der Waals surface area contributed by atoms with Gasteiger partial charge in [0.25, 0.3) is 0 Å². The topological polar surface area (TPSA) is 78.6 Å². The molecule has 1 N–H and O–H groups in total. The first-order valence-electron chi connectivity index (χ1n) is 6.73. The number of hydrogen-bond acceptors (Lipinski definition) is 6. The fourth-order valence-corrected chi connectivity index (χ4v) is 2.17. The van der Waals surface area contributed by atoms with Crippen LogP contribution < -0.4 is 14.2 Å². The average molecular weight is 291 g/mol. The van der Waals surface area contributed by atoms with Crippen LogP contribution in [-0.2, 0) is 13.2 Å². The Bertz CT molecular complexity index is 639. The first-order valence-corrected chi connectivity index (χ1v) is 6.73. The molecule has 1 aliphatic rings. The maximum absolute atomic E-state index is 9.44. The number of rotatable bonds is 5. The second-order valence-corrected chi connectivity index (χ2v) is 4.97. The minimum Gasteiger partial charge on any atom is -0.485 e. The second-order valence-electron chi connectivity index (χ2n) is 4.97. The van der Waals surface area contributed by atoms with Gasteiger partial charge in [-0.15, -0.1) is 0 Å². The van der Waals surface area contributed by atoms with E-state index in [0.717, 1.165) is 5.82 Å². The number of ether oxygens (including phenoxy) is 3. The van der Waals surface area contributed by atoms with Crippen molar-refractivity contribution in [1.29, 1.82) is 0 Å². The van der Waals surface area contributed by atoms with Crippen molar-refractivity contribution in [1.82, 2.24) is 14.8 Å². The van der Waals surface area contributed by atoms with Crippen molar-refractivity contribution in [3.05, 3.63) is 29.8 Å². The molecule has 0 fully saturated rings. The van der Waals surface area contributed by atoms with E-state index in [4.69, 9.17) is 14.2 Å². The summed E-state index contributed by atoms with van der Waals surface area (Å²) in [4.78, 5) is 4.19. The van der Waals surface area contributed by atoms with Crippen LogP contribution in [0.15, 0.2) is 18.5 Å². The molecule has 1 aromatic heterocycles. The molecule has 0 amide bonds. The van der Waals surface area contributed by atoms with Gasteiger partial charge in [-0.2, -0.15) is 5.10 Å². The van der Waals surface area contributed by atoms with E-state index in [0.29, 0.717) is 22.8 Å². The lowest BCUT2D eigenvalue weighted by molar-refractivity contribution is 0.173. The summed E-state index contributed by atoms with van der Waals surface area (Å²) >= 11 is 0. The van der Waals surface area contributed by atoms with Gasteiger partial charge in [0.2, 0.25) is 6.79 Å².